The van der Waals surface area contributed by atoms with Crippen LogP contribution < -0.4 is 9.64 Å². The zero-order valence-corrected chi connectivity index (χ0v) is 21.9. The summed E-state index contributed by atoms with van der Waals surface area (Å²) in [5.74, 6) is -12.2. The number of aliphatic hydroxyl groups is 1. The van der Waals surface area contributed by atoms with Crippen LogP contribution in [0.3, 0.4) is 0 Å². The van der Waals surface area contributed by atoms with Gasteiger partial charge in [0.25, 0.3) is 0 Å². The molecule has 3 aromatic rings. The fourth-order valence-corrected chi connectivity index (χ4v) is 4.20. The molecule has 0 amide bonds. The molecule has 43 heavy (non-hydrogen) atoms. The van der Waals surface area contributed by atoms with Gasteiger partial charge in [0.15, 0.2) is 6.10 Å². The van der Waals surface area contributed by atoms with Gasteiger partial charge in [0.1, 0.15) is 11.5 Å². The number of aliphatic hydroxyl groups excluding tert-OH is 1. The lowest BCUT2D eigenvalue weighted by atomic mass is 9.99. The summed E-state index contributed by atoms with van der Waals surface area (Å²) in [6.45, 7) is -1.97. The van der Waals surface area contributed by atoms with Gasteiger partial charge in [-0.15, -0.1) is 0 Å². The number of anilines is 1. The van der Waals surface area contributed by atoms with Crippen LogP contribution in [0, 0.1) is 0 Å². The van der Waals surface area contributed by atoms with Crippen molar-refractivity contribution in [2.75, 3.05) is 11.4 Å². The highest BCUT2D eigenvalue weighted by Crippen LogP contribution is 2.52. The summed E-state index contributed by atoms with van der Waals surface area (Å²) in [4.78, 5) is 0.594. The van der Waals surface area contributed by atoms with E-state index >= 15 is 0 Å². The Kier molecular flexibility index (Phi) is 9.80. The number of hydrogen-bond donors (Lipinski definition) is 1. The van der Waals surface area contributed by atoms with E-state index < -0.39 is 71.8 Å². The van der Waals surface area contributed by atoms with Gasteiger partial charge in [-0.2, -0.15) is 57.1 Å². The Hall–Kier alpha value is -3.34. The fraction of sp³-hybridized carbons (Fsp3) is 0.308. The minimum atomic E-state index is -6.61. The number of halogens is 13. The molecule has 0 fully saturated rings. The summed E-state index contributed by atoms with van der Waals surface area (Å²) in [6, 6.07) is 11.8. The van der Waals surface area contributed by atoms with Crippen LogP contribution in [0.2, 0.25) is 0 Å². The van der Waals surface area contributed by atoms with Gasteiger partial charge >= 0.3 is 29.7 Å². The minimum absolute atomic E-state index is 0.00486. The molecule has 3 nitrogen and oxygen atoms in total. The van der Waals surface area contributed by atoms with Crippen LogP contribution >= 0.6 is 11.8 Å². The second-order valence-corrected chi connectivity index (χ2v) is 10.0. The van der Waals surface area contributed by atoms with Crippen molar-refractivity contribution in [3.8, 4) is 11.5 Å². The van der Waals surface area contributed by atoms with Crippen molar-refractivity contribution in [1.29, 1.82) is 0 Å². The van der Waals surface area contributed by atoms with E-state index in [1.165, 1.54) is 30.3 Å². The molecule has 236 valence electrons. The lowest BCUT2D eigenvalue weighted by Gasteiger charge is -2.30. The Morgan fingerprint density at radius 3 is 1.88 bits per heavy atom. The predicted molar refractivity (Wildman–Crippen MR) is 129 cm³/mol. The van der Waals surface area contributed by atoms with Crippen LogP contribution in [0.4, 0.5) is 62.8 Å². The smallest absolute Gasteiger partial charge is 0.457 e. The van der Waals surface area contributed by atoms with Crippen molar-refractivity contribution < 1.29 is 66.9 Å². The van der Waals surface area contributed by atoms with Crippen LogP contribution in [-0.2, 0) is 12.5 Å². The number of benzene rings is 3. The number of rotatable bonds is 10. The third-order valence-corrected chi connectivity index (χ3v) is 6.38. The molecule has 1 N–H and O–H groups in total. The van der Waals surface area contributed by atoms with Crippen molar-refractivity contribution in [3.05, 3.63) is 83.9 Å². The molecular formula is C26H18F13NO2S. The lowest BCUT2D eigenvalue weighted by molar-refractivity contribution is -0.359. The fourth-order valence-electron chi connectivity index (χ4n) is 3.61. The summed E-state index contributed by atoms with van der Waals surface area (Å²) in [5.41, 5.74) is -6.82. The third kappa shape index (κ3) is 8.61. The first-order valence-electron chi connectivity index (χ1n) is 11.7. The van der Waals surface area contributed by atoms with E-state index in [9.17, 15) is 62.2 Å². The normalized spacial score (nSPS) is 14.0. The van der Waals surface area contributed by atoms with Crippen LogP contribution in [-0.4, -0.2) is 41.5 Å². The molecule has 0 saturated heterocycles. The van der Waals surface area contributed by atoms with E-state index in [1.54, 1.807) is 0 Å². The van der Waals surface area contributed by atoms with Crippen LogP contribution in [0.5, 0.6) is 11.5 Å². The first-order valence-corrected chi connectivity index (χ1v) is 12.5. The quantitative estimate of drug-likeness (QED) is 0.174. The molecule has 0 aliphatic rings. The maximum Gasteiger partial charge on any atom is 0.460 e. The topological polar surface area (TPSA) is 32.7 Å². The van der Waals surface area contributed by atoms with E-state index in [0.717, 1.165) is 29.2 Å². The molecule has 0 spiro atoms. The van der Waals surface area contributed by atoms with Gasteiger partial charge < -0.3 is 14.7 Å². The molecule has 0 aromatic heterocycles. The van der Waals surface area contributed by atoms with E-state index in [1.807, 2.05) is 0 Å². The molecule has 0 bridgehead atoms. The number of ether oxygens (including phenoxy) is 1. The van der Waals surface area contributed by atoms with E-state index in [-0.39, 0.29) is 28.1 Å². The minimum Gasteiger partial charge on any atom is -0.457 e. The first kappa shape index (κ1) is 34.2. The molecule has 3 rings (SSSR count). The van der Waals surface area contributed by atoms with Gasteiger partial charge in [-0.3, -0.25) is 0 Å². The molecule has 1 unspecified atom stereocenters. The molecule has 0 aliphatic carbocycles. The van der Waals surface area contributed by atoms with Crippen LogP contribution in [0.15, 0.2) is 77.7 Å². The Bertz CT molecular complexity index is 1370. The van der Waals surface area contributed by atoms with E-state index in [2.05, 4.69) is 0 Å². The summed E-state index contributed by atoms with van der Waals surface area (Å²) in [5, 5.41) is 9.61. The average Bonchev–Trinajstić information content (AvgIpc) is 2.87. The zero-order chi connectivity index (χ0) is 32.4. The van der Waals surface area contributed by atoms with Gasteiger partial charge in [-0.25, -0.2) is 0 Å². The van der Waals surface area contributed by atoms with E-state index in [4.69, 9.17) is 4.74 Å². The summed E-state index contributed by atoms with van der Waals surface area (Å²) in [6.07, 6.45) is -14.8. The van der Waals surface area contributed by atoms with Crippen molar-refractivity contribution in [2.45, 2.75) is 47.3 Å². The Morgan fingerprint density at radius 1 is 0.721 bits per heavy atom. The standard InChI is InChI=1S/C26H18F13NO2S/c27-22(28,24(32,33)25(34,35)36)16-4-1-3-15(11-16)13-40(14-21(41)23(29,30)31)17-7-9-18(10-8-17)42-19-5-2-6-20(12-19)43-26(37,38)39/h1-12,21,41H,13-14H2. The Labute approximate surface area is 238 Å². The van der Waals surface area contributed by atoms with Gasteiger partial charge in [-0.05, 0) is 65.9 Å². The largest absolute Gasteiger partial charge is 0.460 e. The highest BCUT2D eigenvalue weighted by atomic mass is 32.2. The zero-order valence-electron chi connectivity index (χ0n) is 21.0. The van der Waals surface area contributed by atoms with Gasteiger partial charge in [0, 0.05) is 22.7 Å². The molecular weight excluding hydrogens is 637 g/mol. The van der Waals surface area contributed by atoms with Crippen molar-refractivity contribution >= 4 is 17.4 Å². The summed E-state index contributed by atoms with van der Waals surface area (Å²) >= 11 is -0.401. The molecule has 0 saturated carbocycles. The maximum atomic E-state index is 14.2. The van der Waals surface area contributed by atoms with Crippen LogP contribution in [0.1, 0.15) is 11.1 Å². The maximum absolute atomic E-state index is 14.2. The van der Waals surface area contributed by atoms with Gasteiger partial charge in [-0.1, -0.05) is 24.3 Å². The Morgan fingerprint density at radius 2 is 1.33 bits per heavy atom. The molecule has 0 heterocycles. The molecule has 3 aromatic carbocycles. The molecule has 17 heteroatoms. The average molecular weight is 655 g/mol. The highest BCUT2D eigenvalue weighted by Gasteiger charge is 2.73. The third-order valence-electron chi connectivity index (χ3n) is 5.66. The molecule has 0 radical (unpaired) electrons. The van der Waals surface area contributed by atoms with E-state index in [0.29, 0.717) is 12.1 Å². The monoisotopic (exact) mass is 655 g/mol. The lowest BCUT2D eigenvalue weighted by Crippen LogP contribution is -2.50. The molecule has 1 atom stereocenters. The van der Waals surface area contributed by atoms with Crippen molar-refractivity contribution in [1.82, 2.24) is 0 Å². The number of alkyl halides is 13. The number of nitrogens with zero attached hydrogens (tertiary/aromatic N) is 1. The van der Waals surface area contributed by atoms with Crippen molar-refractivity contribution in [3.63, 3.8) is 0 Å². The van der Waals surface area contributed by atoms with Gasteiger partial charge in [0.2, 0.25) is 0 Å². The first-order chi connectivity index (χ1) is 19.6. The second-order valence-electron chi connectivity index (χ2n) is 8.90. The van der Waals surface area contributed by atoms with Crippen molar-refractivity contribution in [2.24, 2.45) is 0 Å². The number of thioether (sulfide) groups is 1. The summed E-state index contributed by atoms with van der Waals surface area (Å²) < 4.78 is 176. The predicted octanol–water partition coefficient (Wildman–Crippen LogP) is 9.31. The Balaban J connectivity index is 1.89. The van der Waals surface area contributed by atoms with Crippen LogP contribution in [0.25, 0.3) is 0 Å². The second kappa shape index (κ2) is 12.3. The SMILES string of the molecule is OC(CN(Cc1cccc(C(F)(F)C(F)(F)C(F)(F)F)c1)c1ccc(Oc2cccc(SC(F)(F)F)c2)cc1)C(F)(F)F. The molecule has 0 aliphatic heterocycles. The number of hydrogen-bond acceptors (Lipinski definition) is 4. The highest BCUT2D eigenvalue weighted by molar-refractivity contribution is 8.00. The van der Waals surface area contributed by atoms with Gasteiger partial charge in [0.05, 0.1) is 6.54 Å². The summed E-state index contributed by atoms with van der Waals surface area (Å²) in [7, 11) is 0.